The Kier molecular flexibility index (Phi) is 3.75. The monoisotopic (exact) mass is 283 g/mol. The molecule has 1 aliphatic carbocycles. The van der Waals surface area contributed by atoms with Crippen LogP contribution in [0.3, 0.4) is 0 Å². The van der Waals surface area contributed by atoms with E-state index in [1.807, 2.05) is 0 Å². The number of non-ortho nitro benzene ring substituents is 1. The SMILES string of the molecule is O=C(O)C1(Cl)CCC(c2ccc([N+](=O)[O-])cc2)CC1. The molecule has 0 amide bonds. The number of halogens is 1. The number of hydrogen-bond donors (Lipinski definition) is 1. The first-order chi connectivity index (χ1) is 8.92. The molecule has 1 fully saturated rings. The molecule has 0 spiro atoms. The Hall–Kier alpha value is -1.62. The normalized spacial score (nSPS) is 26.9. The number of alkyl halides is 1. The maximum Gasteiger partial charge on any atom is 0.324 e. The lowest BCUT2D eigenvalue weighted by Gasteiger charge is -2.32. The Bertz CT molecular complexity index is 492. The third-order valence-electron chi connectivity index (χ3n) is 3.74. The van der Waals surface area contributed by atoms with Crippen molar-refractivity contribution < 1.29 is 14.8 Å². The van der Waals surface area contributed by atoms with Crippen LogP contribution in [0.25, 0.3) is 0 Å². The standard InChI is InChI=1S/C13H14ClNO4/c14-13(12(16)17)7-5-10(6-8-13)9-1-3-11(4-2-9)15(18)19/h1-4,10H,5-8H2,(H,16,17). The number of nitrogens with zero attached hydrogens (tertiary/aromatic N) is 1. The van der Waals surface area contributed by atoms with E-state index < -0.39 is 15.8 Å². The second-order valence-electron chi connectivity index (χ2n) is 4.89. The van der Waals surface area contributed by atoms with Crippen LogP contribution in [0.1, 0.15) is 37.2 Å². The largest absolute Gasteiger partial charge is 0.480 e. The molecule has 0 saturated heterocycles. The van der Waals surface area contributed by atoms with Gasteiger partial charge in [-0.25, -0.2) is 0 Å². The van der Waals surface area contributed by atoms with Gasteiger partial charge in [-0.3, -0.25) is 14.9 Å². The van der Waals surface area contributed by atoms with E-state index in [1.54, 1.807) is 12.1 Å². The Balaban J connectivity index is 2.05. The van der Waals surface area contributed by atoms with Crippen LogP contribution in [0.5, 0.6) is 0 Å². The summed E-state index contributed by atoms with van der Waals surface area (Å²) < 4.78 is 0. The van der Waals surface area contributed by atoms with Crippen molar-refractivity contribution in [1.29, 1.82) is 0 Å². The van der Waals surface area contributed by atoms with Gasteiger partial charge >= 0.3 is 5.97 Å². The fraction of sp³-hybridized carbons (Fsp3) is 0.462. The molecular weight excluding hydrogens is 270 g/mol. The Morgan fingerprint density at radius 3 is 2.26 bits per heavy atom. The Morgan fingerprint density at radius 2 is 1.84 bits per heavy atom. The molecule has 0 bridgehead atoms. The van der Waals surface area contributed by atoms with Gasteiger partial charge in [0.1, 0.15) is 4.87 Å². The smallest absolute Gasteiger partial charge is 0.324 e. The van der Waals surface area contributed by atoms with Crippen LogP contribution in [0.2, 0.25) is 0 Å². The van der Waals surface area contributed by atoms with Crippen molar-refractivity contribution in [3.8, 4) is 0 Å². The van der Waals surface area contributed by atoms with Gasteiger partial charge in [-0.2, -0.15) is 0 Å². The number of nitro groups is 1. The molecule has 0 aliphatic heterocycles. The maximum absolute atomic E-state index is 11.0. The van der Waals surface area contributed by atoms with Crippen molar-refractivity contribution in [3.05, 3.63) is 39.9 Å². The first kappa shape index (κ1) is 13.8. The second kappa shape index (κ2) is 5.17. The molecule has 0 radical (unpaired) electrons. The van der Waals surface area contributed by atoms with Crippen molar-refractivity contribution in [2.24, 2.45) is 0 Å². The number of hydrogen-bond acceptors (Lipinski definition) is 3. The van der Waals surface area contributed by atoms with Gasteiger partial charge in [-0.15, -0.1) is 11.6 Å². The molecule has 0 unspecified atom stereocenters. The predicted octanol–water partition coefficient (Wildman–Crippen LogP) is 3.31. The summed E-state index contributed by atoms with van der Waals surface area (Å²) >= 11 is 6.04. The van der Waals surface area contributed by atoms with Gasteiger partial charge in [0, 0.05) is 12.1 Å². The molecule has 5 nitrogen and oxygen atoms in total. The third-order valence-corrected chi connectivity index (χ3v) is 4.28. The first-order valence-corrected chi connectivity index (χ1v) is 6.47. The second-order valence-corrected chi connectivity index (χ2v) is 5.62. The fourth-order valence-corrected chi connectivity index (χ4v) is 2.71. The molecule has 2 rings (SSSR count). The van der Waals surface area contributed by atoms with Crippen molar-refractivity contribution in [1.82, 2.24) is 0 Å². The van der Waals surface area contributed by atoms with Gasteiger partial charge in [0.05, 0.1) is 4.92 Å². The van der Waals surface area contributed by atoms with Crippen LogP contribution in [0, 0.1) is 10.1 Å². The highest BCUT2D eigenvalue weighted by Gasteiger charge is 2.40. The van der Waals surface area contributed by atoms with Gasteiger partial charge in [0.25, 0.3) is 5.69 Å². The zero-order valence-corrected chi connectivity index (χ0v) is 11.0. The molecule has 0 heterocycles. The van der Waals surface area contributed by atoms with Gasteiger partial charge in [0.15, 0.2) is 0 Å². The highest BCUT2D eigenvalue weighted by Crippen LogP contribution is 2.41. The van der Waals surface area contributed by atoms with E-state index in [1.165, 1.54) is 12.1 Å². The highest BCUT2D eigenvalue weighted by molar-refractivity contribution is 6.33. The van der Waals surface area contributed by atoms with E-state index >= 15 is 0 Å². The van der Waals surface area contributed by atoms with E-state index in [2.05, 4.69) is 0 Å². The molecule has 0 aromatic heterocycles. The van der Waals surface area contributed by atoms with Crippen LogP contribution in [-0.4, -0.2) is 20.9 Å². The molecule has 1 N–H and O–H groups in total. The van der Waals surface area contributed by atoms with Crippen molar-refractivity contribution in [3.63, 3.8) is 0 Å². The van der Waals surface area contributed by atoms with Crippen LogP contribution in [0.4, 0.5) is 5.69 Å². The van der Waals surface area contributed by atoms with Crippen LogP contribution in [0.15, 0.2) is 24.3 Å². The molecular formula is C13H14ClNO4. The summed E-state index contributed by atoms with van der Waals surface area (Å²) in [7, 11) is 0. The first-order valence-electron chi connectivity index (χ1n) is 6.09. The minimum absolute atomic E-state index is 0.0665. The molecule has 6 heteroatoms. The number of rotatable bonds is 3. The molecule has 1 aliphatic rings. The number of carboxylic acids is 1. The summed E-state index contributed by atoms with van der Waals surface area (Å²) in [6.07, 6.45) is 2.22. The summed E-state index contributed by atoms with van der Waals surface area (Å²) in [5.74, 6) is -0.733. The molecule has 1 aromatic carbocycles. The van der Waals surface area contributed by atoms with E-state index in [0.29, 0.717) is 25.7 Å². The third kappa shape index (κ3) is 2.87. The quantitative estimate of drug-likeness (QED) is 0.524. The van der Waals surface area contributed by atoms with Crippen LogP contribution in [-0.2, 0) is 4.79 Å². The van der Waals surface area contributed by atoms with Crippen LogP contribution < -0.4 is 0 Å². The van der Waals surface area contributed by atoms with E-state index in [-0.39, 0.29) is 11.6 Å². The maximum atomic E-state index is 11.0. The fourth-order valence-electron chi connectivity index (χ4n) is 2.49. The molecule has 102 valence electrons. The van der Waals surface area contributed by atoms with Gasteiger partial charge in [0.2, 0.25) is 0 Å². The average Bonchev–Trinajstić information content (AvgIpc) is 2.39. The number of carbonyl (C=O) groups is 1. The van der Waals surface area contributed by atoms with Gasteiger partial charge in [-0.05, 0) is 37.2 Å². The lowest BCUT2D eigenvalue weighted by Crippen LogP contribution is -2.36. The zero-order valence-electron chi connectivity index (χ0n) is 10.2. The van der Waals surface area contributed by atoms with Crippen molar-refractivity contribution in [2.45, 2.75) is 36.5 Å². The lowest BCUT2D eigenvalue weighted by molar-refractivity contribution is -0.384. The average molecular weight is 284 g/mol. The highest BCUT2D eigenvalue weighted by atomic mass is 35.5. The summed E-state index contributed by atoms with van der Waals surface area (Å²) in [6.45, 7) is 0. The Labute approximate surface area is 115 Å². The van der Waals surface area contributed by atoms with Crippen LogP contribution >= 0.6 is 11.6 Å². The van der Waals surface area contributed by atoms with E-state index in [4.69, 9.17) is 16.7 Å². The molecule has 1 saturated carbocycles. The topological polar surface area (TPSA) is 80.4 Å². The summed E-state index contributed by atoms with van der Waals surface area (Å²) in [6, 6.07) is 6.44. The number of benzene rings is 1. The lowest BCUT2D eigenvalue weighted by atomic mass is 9.78. The zero-order chi connectivity index (χ0) is 14.0. The molecule has 0 atom stereocenters. The molecule has 1 aromatic rings. The van der Waals surface area contributed by atoms with Crippen molar-refractivity contribution in [2.75, 3.05) is 0 Å². The van der Waals surface area contributed by atoms with Gasteiger partial charge < -0.3 is 5.11 Å². The Morgan fingerprint density at radius 1 is 1.32 bits per heavy atom. The summed E-state index contributed by atoms with van der Waals surface area (Å²) in [5.41, 5.74) is 1.08. The number of aliphatic carboxylic acids is 1. The predicted molar refractivity (Wildman–Crippen MR) is 70.5 cm³/mol. The number of nitro benzene ring substituents is 1. The summed E-state index contributed by atoms with van der Waals surface area (Å²) in [4.78, 5) is 20.0. The number of carboxylic acid groups (broad SMARTS) is 1. The van der Waals surface area contributed by atoms with Gasteiger partial charge in [-0.1, -0.05) is 12.1 Å². The minimum atomic E-state index is -1.14. The van der Waals surface area contributed by atoms with Crippen molar-refractivity contribution >= 4 is 23.3 Å². The minimum Gasteiger partial charge on any atom is -0.480 e. The van der Waals surface area contributed by atoms with E-state index in [9.17, 15) is 14.9 Å². The van der Waals surface area contributed by atoms with E-state index in [0.717, 1.165) is 5.56 Å². The molecule has 19 heavy (non-hydrogen) atoms. The summed E-state index contributed by atoms with van der Waals surface area (Å²) in [5, 5.41) is 19.6.